The van der Waals surface area contributed by atoms with Gasteiger partial charge in [-0.05, 0) is 18.9 Å². The molecule has 2 rings (SSSR count). The van der Waals surface area contributed by atoms with E-state index >= 15 is 0 Å². The lowest BCUT2D eigenvalue weighted by atomic mass is 9.91. The van der Waals surface area contributed by atoms with Crippen LogP contribution in [0.3, 0.4) is 0 Å². The van der Waals surface area contributed by atoms with E-state index in [4.69, 9.17) is 0 Å². The standard InChI is InChI=1S/C13H17N3O3/c1-3-4-15-16-7-9-5-11(17)14-6-10(9)12(8(16)2)13(18)19/h6-7,15H,3-5H2,1-2H3,(H,14,17)(H,18,19). The number of amides is 1. The molecule has 19 heavy (non-hydrogen) atoms. The highest BCUT2D eigenvalue weighted by atomic mass is 16.4. The molecule has 0 fully saturated rings. The molecule has 0 bridgehead atoms. The van der Waals surface area contributed by atoms with Gasteiger partial charge >= 0.3 is 5.97 Å². The number of hydrogen-bond acceptors (Lipinski definition) is 4. The number of allylic oxidation sites excluding steroid dienone is 1. The van der Waals surface area contributed by atoms with Crippen molar-refractivity contribution in [3.05, 3.63) is 34.8 Å². The fraction of sp³-hybridized carbons (Fsp3) is 0.385. The van der Waals surface area contributed by atoms with E-state index < -0.39 is 5.97 Å². The first-order chi connectivity index (χ1) is 9.04. The van der Waals surface area contributed by atoms with E-state index in [0.29, 0.717) is 11.3 Å². The lowest BCUT2D eigenvalue weighted by Gasteiger charge is -2.32. The van der Waals surface area contributed by atoms with Crippen molar-refractivity contribution in [2.75, 3.05) is 6.54 Å². The molecule has 6 heteroatoms. The SMILES string of the molecule is CCCNN1C=C2CC(=O)NC=C2C(C(=O)O)=C1C. The fourth-order valence-corrected chi connectivity index (χ4v) is 2.15. The third-order valence-corrected chi connectivity index (χ3v) is 3.10. The van der Waals surface area contributed by atoms with Crippen LogP contribution < -0.4 is 10.7 Å². The predicted molar refractivity (Wildman–Crippen MR) is 69.4 cm³/mol. The number of carbonyl (C=O) groups is 2. The van der Waals surface area contributed by atoms with Gasteiger partial charge in [-0.25, -0.2) is 10.2 Å². The van der Waals surface area contributed by atoms with Gasteiger partial charge in [-0.1, -0.05) is 6.92 Å². The average molecular weight is 263 g/mol. The van der Waals surface area contributed by atoms with Gasteiger partial charge in [0.25, 0.3) is 0 Å². The number of hydrogen-bond donors (Lipinski definition) is 3. The van der Waals surface area contributed by atoms with Gasteiger partial charge in [0.15, 0.2) is 0 Å². The summed E-state index contributed by atoms with van der Waals surface area (Å²) in [7, 11) is 0. The molecule has 0 aliphatic carbocycles. The third kappa shape index (κ3) is 2.53. The molecule has 0 unspecified atom stereocenters. The lowest BCUT2D eigenvalue weighted by molar-refractivity contribution is -0.132. The molecular weight excluding hydrogens is 246 g/mol. The van der Waals surface area contributed by atoms with E-state index in [2.05, 4.69) is 10.7 Å². The molecule has 0 aromatic heterocycles. The topological polar surface area (TPSA) is 81.7 Å². The first-order valence-electron chi connectivity index (χ1n) is 6.22. The van der Waals surface area contributed by atoms with Gasteiger partial charge in [0.05, 0.1) is 12.0 Å². The Morgan fingerprint density at radius 3 is 2.95 bits per heavy atom. The summed E-state index contributed by atoms with van der Waals surface area (Å²) < 4.78 is 0. The van der Waals surface area contributed by atoms with Gasteiger partial charge in [0.1, 0.15) is 0 Å². The summed E-state index contributed by atoms with van der Waals surface area (Å²) in [6.45, 7) is 4.51. The molecule has 2 aliphatic rings. The molecule has 0 atom stereocenters. The van der Waals surface area contributed by atoms with Crippen LogP contribution >= 0.6 is 0 Å². The molecule has 0 saturated carbocycles. The quantitative estimate of drug-likeness (QED) is 0.701. The summed E-state index contributed by atoms with van der Waals surface area (Å²) in [5.41, 5.74) is 5.27. The Hall–Kier alpha value is -2.08. The molecular formula is C13H17N3O3. The first kappa shape index (κ1) is 13.4. The minimum Gasteiger partial charge on any atom is -0.478 e. The monoisotopic (exact) mass is 263 g/mol. The average Bonchev–Trinajstić information content (AvgIpc) is 2.36. The zero-order valence-electron chi connectivity index (χ0n) is 11.0. The van der Waals surface area contributed by atoms with Crippen molar-refractivity contribution in [2.24, 2.45) is 0 Å². The smallest absolute Gasteiger partial charge is 0.338 e. The highest BCUT2D eigenvalue weighted by Crippen LogP contribution is 2.32. The van der Waals surface area contributed by atoms with E-state index in [0.717, 1.165) is 18.5 Å². The Bertz CT molecular complexity index is 517. The van der Waals surface area contributed by atoms with Crippen molar-refractivity contribution in [1.82, 2.24) is 15.8 Å². The van der Waals surface area contributed by atoms with Crippen molar-refractivity contribution in [2.45, 2.75) is 26.7 Å². The van der Waals surface area contributed by atoms with E-state index in [1.54, 1.807) is 18.1 Å². The van der Waals surface area contributed by atoms with E-state index in [1.165, 1.54) is 6.20 Å². The van der Waals surface area contributed by atoms with Crippen LogP contribution in [0.4, 0.5) is 0 Å². The molecule has 2 heterocycles. The summed E-state index contributed by atoms with van der Waals surface area (Å²) >= 11 is 0. The number of aliphatic carboxylic acids is 1. The van der Waals surface area contributed by atoms with Crippen LogP contribution in [0, 0.1) is 0 Å². The Labute approximate surface area is 111 Å². The zero-order chi connectivity index (χ0) is 14.0. The Morgan fingerprint density at radius 2 is 2.32 bits per heavy atom. The normalized spacial score (nSPS) is 18.6. The zero-order valence-corrected chi connectivity index (χ0v) is 11.0. The molecule has 0 spiro atoms. The van der Waals surface area contributed by atoms with Crippen molar-refractivity contribution < 1.29 is 14.7 Å². The maximum absolute atomic E-state index is 11.4. The minimum absolute atomic E-state index is 0.130. The number of hydrazine groups is 1. The number of nitrogens with one attached hydrogen (secondary N) is 2. The summed E-state index contributed by atoms with van der Waals surface area (Å²) in [6, 6.07) is 0. The van der Waals surface area contributed by atoms with Crippen molar-refractivity contribution in [1.29, 1.82) is 0 Å². The van der Waals surface area contributed by atoms with Gasteiger partial charge in [0.2, 0.25) is 5.91 Å². The number of fused-ring (bicyclic) bond motifs is 1. The van der Waals surface area contributed by atoms with Crippen molar-refractivity contribution in [3.63, 3.8) is 0 Å². The highest BCUT2D eigenvalue weighted by molar-refractivity contribution is 5.97. The van der Waals surface area contributed by atoms with Crippen LogP contribution in [0.15, 0.2) is 34.8 Å². The molecule has 0 aromatic carbocycles. The number of carboxylic acid groups (broad SMARTS) is 1. The number of carboxylic acids is 1. The summed E-state index contributed by atoms with van der Waals surface area (Å²) in [5.74, 6) is -1.12. The molecule has 102 valence electrons. The minimum atomic E-state index is -0.992. The lowest BCUT2D eigenvalue weighted by Crippen LogP contribution is -2.38. The largest absolute Gasteiger partial charge is 0.478 e. The van der Waals surface area contributed by atoms with Gasteiger partial charge in [-0.15, -0.1) is 0 Å². The predicted octanol–water partition coefficient (Wildman–Crippen LogP) is 0.863. The van der Waals surface area contributed by atoms with Gasteiger partial charge in [-0.2, -0.15) is 0 Å². The van der Waals surface area contributed by atoms with E-state index in [1.807, 2.05) is 6.92 Å². The van der Waals surface area contributed by atoms with Crippen molar-refractivity contribution >= 4 is 11.9 Å². The Morgan fingerprint density at radius 1 is 1.58 bits per heavy atom. The van der Waals surface area contributed by atoms with E-state index in [9.17, 15) is 14.7 Å². The second kappa shape index (κ2) is 5.27. The van der Waals surface area contributed by atoms with Crippen LogP contribution in [0.5, 0.6) is 0 Å². The number of nitrogens with zero attached hydrogens (tertiary/aromatic N) is 1. The maximum atomic E-state index is 11.4. The Kier molecular flexibility index (Phi) is 3.71. The van der Waals surface area contributed by atoms with Gasteiger partial charge in [0, 0.05) is 30.2 Å². The summed E-state index contributed by atoms with van der Waals surface area (Å²) in [6.07, 6.45) is 4.39. The van der Waals surface area contributed by atoms with Crippen LogP contribution in [-0.4, -0.2) is 28.5 Å². The molecule has 1 amide bonds. The second-order valence-corrected chi connectivity index (χ2v) is 4.50. The third-order valence-electron chi connectivity index (χ3n) is 3.10. The van der Waals surface area contributed by atoms with Gasteiger partial charge < -0.3 is 10.4 Å². The van der Waals surface area contributed by atoms with Crippen LogP contribution in [-0.2, 0) is 9.59 Å². The first-order valence-corrected chi connectivity index (χ1v) is 6.22. The van der Waals surface area contributed by atoms with Crippen LogP contribution in [0.1, 0.15) is 26.7 Å². The number of carbonyl (C=O) groups excluding carboxylic acids is 1. The summed E-state index contributed by atoms with van der Waals surface area (Å²) in [5, 5.41) is 13.6. The Balaban J connectivity index is 2.41. The second-order valence-electron chi connectivity index (χ2n) is 4.50. The molecule has 3 N–H and O–H groups in total. The molecule has 2 aliphatic heterocycles. The fourth-order valence-electron chi connectivity index (χ4n) is 2.15. The van der Waals surface area contributed by atoms with E-state index in [-0.39, 0.29) is 17.9 Å². The molecule has 6 nitrogen and oxygen atoms in total. The van der Waals surface area contributed by atoms with Crippen LogP contribution in [0.2, 0.25) is 0 Å². The molecule has 0 saturated heterocycles. The van der Waals surface area contributed by atoms with Crippen molar-refractivity contribution in [3.8, 4) is 0 Å². The molecule has 0 aromatic rings. The summed E-state index contributed by atoms with van der Waals surface area (Å²) in [4.78, 5) is 22.8. The van der Waals surface area contributed by atoms with Crippen LogP contribution in [0.25, 0.3) is 0 Å². The van der Waals surface area contributed by atoms with Gasteiger partial charge in [-0.3, -0.25) is 9.80 Å². The molecule has 0 radical (unpaired) electrons. The number of rotatable bonds is 4. The maximum Gasteiger partial charge on any atom is 0.338 e. The highest BCUT2D eigenvalue weighted by Gasteiger charge is 2.30.